The fourth-order valence-corrected chi connectivity index (χ4v) is 0. The zero-order valence-electron chi connectivity index (χ0n) is 14.1. The van der Waals surface area contributed by atoms with Crippen molar-refractivity contribution in [2.75, 3.05) is 0 Å². The molecule has 0 aromatic carbocycles. The van der Waals surface area contributed by atoms with E-state index in [0.717, 1.165) is 0 Å². The summed E-state index contributed by atoms with van der Waals surface area (Å²) in [6, 6.07) is 0. The van der Waals surface area contributed by atoms with Crippen LogP contribution in [-0.2, 0) is 0 Å². The third-order valence-corrected chi connectivity index (χ3v) is 1.77. The summed E-state index contributed by atoms with van der Waals surface area (Å²) in [5.41, 5.74) is 0. The first-order chi connectivity index (χ1) is 7.50. The third kappa shape index (κ3) is 145. The van der Waals surface area contributed by atoms with E-state index in [9.17, 15) is 0 Å². The lowest BCUT2D eigenvalue weighted by atomic mass is 11.0. The zero-order chi connectivity index (χ0) is 10.6. The van der Waals surface area contributed by atoms with E-state index >= 15 is 0 Å². The normalized spacial score (nSPS) is 18.0. The van der Waals surface area contributed by atoms with Crippen LogP contribution in [0.3, 0.4) is 0 Å². The van der Waals surface area contributed by atoms with Crippen LogP contribution < -0.4 is 0 Å². The molecule has 0 aliphatic heterocycles. The van der Waals surface area contributed by atoms with Gasteiger partial charge in [0.25, 0.3) is 0 Å². The molecule has 20 heavy (non-hydrogen) atoms. The Kier molecular flexibility index (Phi) is 49.2. The average molecular weight is 380 g/mol. The molecule has 0 heterocycles. The molecule has 5 atom stereocenters. The molecule has 0 spiro atoms. The smallest absolute Gasteiger partial charge is 0.0533 e. The number of hydrogen-bond donors (Lipinski definition) is 0. The lowest BCUT2D eigenvalue weighted by Gasteiger charge is -1.05. The van der Waals surface area contributed by atoms with Gasteiger partial charge in [-0.15, -0.1) is 0 Å². The van der Waals surface area contributed by atoms with Crippen LogP contribution in [0.1, 0.15) is 96.3 Å². The molecular formula is C15H45P5. The minimum Gasteiger partial charge on any atom is -0.153 e. The Hall–Kier alpha value is 2.15. The van der Waals surface area contributed by atoms with Gasteiger partial charge in [0.2, 0.25) is 0 Å². The van der Waals surface area contributed by atoms with Crippen LogP contribution in [0.15, 0.2) is 0 Å². The SMILES string of the molecule is C1CC1.C1CC1.C1CC1.C1CC1.C1CC1.P.P.P.P.P. The summed E-state index contributed by atoms with van der Waals surface area (Å²) >= 11 is 0. The van der Waals surface area contributed by atoms with E-state index in [1.807, 2.05) is 0 Å². The quantitative estimate of drug-likeness (QED) is 0.443. The van der Waals surface area contributed by atoms with Gasteiger partial charge < -0.3 is 0 Å². The molecule has 0 nitrogen and oxygen atoms in total. The maximum Gasteiger partial charge on any atom is -0.0533 e. The molecular weight excluding hydrogens is 335 g/mol. The highest BCUT2D eigenvalue weighted by Crippen LogP contribution is 2.16. The molecule has 130 valence electrons. The topological polar surface area (TPSA) is 0 Å². The highest BCUT2D eigenvalue weighted by atomic mass is 31.0. The van der Waals surface area contributed by atoms with Crippen LogP contribution >= 0.6 is 49.5 Å². The molecule has 0 N–H and O–H groups in total. The van der Waals surface area contributed by atoms with Gasteiger partial charge in [0.15, 0.2) is 0 Å². The molecule has 5 aliphatic carbocycles. The first-order valence-electron chi connectivity index (χ1n) is 7.50. The van der Waals surface area contributed by atoms with E-state index in [0.29, 0.717) is 0 Å². The van der Waals surface area contributed by atoms with Gasteiger partial charge in [-0.05, 0) is 0 Å². The Labute approximate surface area is 146 Å². The summed E-state index contributed by atoms with van der Waals surface area (Å²) < 4.78 is 0. The van der Waals surface area contributed by atoms with Crippen molar-refractivity contribution < 1.29 is 0 Å². The maximum atomic E-state index is 1.50. The number of rotatable bonds is 0. The molecule has 0 bridgehead atoms. The molecule has 5 rings (SSSR count). The Morgan fingerprint density at radius 2 is 0.200 bits per heavy atom. The van der Waals surface area contributed by atoms with Gasteiger partial charge in [0.05, 0.1) is 0 Å². The Morgan fingerprint density at radius 3 is 0.200 bits per heavy atom. The average Bonchev–Trinajstić information content (AvgIpc) is 3.10. The summed E-state index contributed by atoms with van der Waals surface area (Å²) in [6.45, 7) is 0. The van der Waals surface area contributed by atoms with E-state index in [1.165, 1.54) is 96.3 Å². The van der Waals surface area contributed by atoms with E-state index in [2.05, 4.69) is 0 Å². The summed E-state index contributed by atoms with van der Waals surface area (Å²) in [4.78, 5) is 0. The highest BCUT2D eigenvalue weighted by Gasteiger charge is 1.96. The predicted molar refractivity (Wildman–Crippen MR) is 125 cm³/mol. The monoisotopic (exact) mass is 380 g/mol. The van der Waals surface area contributed by atoms with E-state index < -0.39 is 0 Å². The first-order valence-corrected chi connectivity index (χ1v) is 7.50. The molecule has 0 aromatic heterocycles. The predicted octanol–water partition coefficient (Wildman–Crippen LogP) is 6.14. The lowest BCUT2D eigenvalue weighted by molar-refractivity contribution is 1.50. The van der Waals surface area contributed by atoms with Crippen molar-refractivity contribution in [1.82, 2.24) is 0 Å². The van der Waals surface area contributed by atoms with Crippen molar-refractivity contribution in [2.24, 2.45) is 0 Å². The summed E-state index contributed by atoms with van der Waals surface area (Å²) in [5, 5.41) is 0. The van der Waals surface area contributed by atoms with Crippen LogP contribution in [0, 0.1) is 0 Å². The highest BCUT2D eigenvalue weighted by molar-refractivity contribution is 6.92. The van der Waals surface area contributed by atoms with Crippen molar-refractivity contribution in [2.45, 2.75) is 96.3 Å². The zero-order valence-corrected chi connectivity index (χ0v) is 21.2. The molecule has 0 saturated heterocycles. The molecule has 0 radical (unpaired) electrons. The summed E-state index contributed by atoms with van der Waals surface area (Å²) in [5.74, 6) is 0. The second kappa shape index (κ2) is 29.2. The standard InChI is InChI=1S/5C3H6.5H3P/c5*1-2-3-1;;;;;/h5*1-3H2;5*1H3. The van der Waals surface area contributed by atoms with Gasteiger partial charge in [0, 0.05) is 0 Å². The van der Waals surface area contributed by atoms with E-state index in [-0.39, 0.29) is 49.5 Å². The van der Waals surface area contributed by atoms with Crippen molar-refractivity contribution >= 4 is 49.5 Å². The molecule has 0 aromatic rings. The molecule has 0 amide bonds. The van der Waals surface area contributed by atoms with Crippen LogP contribution in [0.25, 0.3) is 0 Å². The minimum atomic E-state index is 0. The Balaban J connectivity index is -0.0000000441. The minimum absolute atomic E-state index is 0. The van der Waals surface area contributed by atoms with Crippen molar-refractivity contribution in [3.8, 4) is 0 Å². The maximum absolute atomic E-state index is 1.50. The van der Waals surface area contributed by atoms with Gasteiger partial charge in [-0.2, -0.15) is 49.5 Å². The lowest BCUT2D eigenvalue weighted by Crippen LogP contribution is -0.856. The summed E-state index contributed by atoms with van der Waals surface area (Å²) in [6.07, 6.45) is 22.5. The third-order valence-electron chi connectivity index (χ3n) is 1.77. The fourth-order valence-electron chi connectivity index (χ4n) is 0. The van der Waals surface area contributed by atoms with Crippen molar-refractivity contribution in [3.05, 3.63) is 0 Å². The van der Waals surface area contributed by atoms with Gasteiger partial charge in [-0.25, -0.2) is 0 Å². The molecule has 5 heteroatoms. The van der Waals surface area contributed by atoms with Gasteiger partial charge in [-0.1, -0.05) is 96.3 Å². The van der Waals surface area contributed by atoms with Crippen LogP contribution in [0.2, 0.25) is 0 Å². The second-order valence-corrected chi connectivity index (χ2v) is 5.30. The Morgan fingerprint density at radius 1 is 0.150 bits per heavy atom. The van der Waals surface area contributed by atoms with Crippen LogP contribution in [0.4, 0.5) is 0 Å². The van der Waals surface area contributed by atoms with Crippen LogP contribution in [0.5, 0.6) is 0 Å². The number of hydrogen-bond acceptors (Lipinski definition) is 0. The molecule has 5 fully saturated rings. The van der Waals surface area contributed by atoms with E-state index in [4.69, 9.17) is 0 Å². The van der Waals surface area contributed by atoms with Crippen molar-refractivity contribution in [3.63, 3.8) is 0 Å². The van der Waals surface area contributed by atoms with Crippen molar-refractivity contribution in [1.29, 1.82) is 0 Å². The first kappa shape index (κ1) is 33.7. The largest absolute Gasteiger partial charge is 0.153 e. The van der Waals surface area contributed by atoms with Crippen LogP contribution in [-0.4, -0.2) is 0 Å². The molecule has 5 aliphatic rings. The molecule has 5 saturated carbocycles. The second-order valence-electron chi connectivity index (χ2n) is 5.30. The fraction of sp³-hybridized carbons (Fsp3) is 1.00. The van der Waals surface area contributed by atoms with Gasteiger partial charge >= 0.3 is 0 Å². The van der Waals surface area contributed by atoms with Gasteiger partial charge in [-0.3, -0.25) is 0 Å². The summed E-state index contributed by atoms with van der Waals surface area (Å²) in [7, 11) is 0. The molecule has 5 unspecified atom stereocenters. The van der Waals surface area contributed by atoms with E-state index in [1.54, 1.807) is 0 Å². The van der Waals surface area contributed by atoms with Gasteiger partial charge in [0.1, 0.15) is 0 Å². The Bertz CT molecular complexity index is 74.8.